The highest BCUT2D eigenvalue weighted by molar-refractivity contribution is 5.85. The van der Waals surface area contributed by atoms with E-state index in [0.717, 1.165) is 5.92 Å². The van der Waals surface area contributed by atoms with E-state index in [1.807, 2.05) is 0 Å². The van der Waals surface area contributed by atoms with Crippen LogP contribution in [0.3, 0.4) is 0 Å². The lowest BCUT2D eigenvalue weighted by Crippen LogP contribution is -2.39. The van der Waals surface area contributed by atoms with E-state index in [2.05, 4.69) is 26.1 Å². The van der Waals surface area contributed by atoms with Crippen LogP contribution >= 0.6 is 12.4 Å². The standard InChI is InChI=1S/C11H21N.ClH/c1-4-9-5-10(2)7-11(3,6-9)12-8-10;/h9,12H,4-8H2,1-3H3;1H/t9-,10-,11+;/m1./s1. The zero-order valence-electron chi connectivity index (χ0n) is 9.02. The fraction of sp³-hybridized carbons (Fsp3) is 1.00. The van der Waals surface area contributed by atoms with Gasteiger partial charge < -0.3 is 5.32 Å². The molecule has 1 saturated heterocycles. The van der Waals surface area contributed by atoms with Gasteiger partial charge >= 0.3 is 0 Å². The number of hydrogen-bond acceptors (Lipinski definition) is 1. The maximum atomic E-state index is 3.70. The Morgan fingerprint density at radius 3 is 2.54 bits per heavy atom. The molecule has 3 atom stereocenters. The van der Waals surface area contributed by atoms with Crippen LogP contribution in [-0.4, -0.2) is 12.1 Å². The van der Waals surface area contributed by atoms with Crippen LogP contribution in [0.5, 0.6) is 0 Å². The predicted octanol–water partition coefficient (Wildman–Crippen LogP) is 2.99. The van der Waals surface area contributed by atoms with E-state index < -0.39 is 0 Å². The first kappa shape index (κ1) is 11.3. The van der Waals surface area contributed by atoms with Crippen molar-refractivity contribution >= 4 is 12.4 Å². The van der Waals surface area contributed by atoms with Crippen molar-refractivity contribution < 1.29 is 0 Å². The molecule has 1 nitrogen and oxygen atoms in total. The molecule has 0 unspecified atom stereocenters. The minimum atomic E-state index is 0. The van der Waals surface area contributed by atoms with Gasteiger partial charge in [-0.3, -0.25) is 0 Å². The van der Waals surface area contributed by atoms with Crippen molar-refractivity contribution in [2.75, 3.05) is 6.54 Å². The fourth-order valence-corrected chi connectivity index (χ4v) is 3.48. The number of fused-ring (bicyclic) bond motifs is 2. The summed E-state index contributed by atoms with van der Waals surface area (Å²) < 4.78 is 0. The van der Waals surface area contributed by atoms with Gasteiger partial charge in [0.2, 0.25) is 0 Å². The topological polar surface area (TPSA) is 12.0 Å². The monoisotopic (exact) mass is 203 g/mol. The Morgan fingerprint density at radius 1 is 1.31 bits per heavy atom. The third-order valence-electron chi connectivity index (χ3n) is 3.86. The van der Waals surface area contributed by atoms with E-state index in [0.29, 0.717) is 11.0 Å². The van der Waals surface area contributed by atoms with Crippen LogP contribution in [-0.2, 0) is 0 Å². The summed E-state index contributed by atoms with van der Waals surface area (Å²) in [6.07, 6.45) is 5.62. The number of hydrogen-bond donors (Lipinski definition) is 1. The Bertz CT molecular complexity index is 177. The molecule has 2 fully saturated rings. The molecule has 2 heteroatoms. The Morgan fingerprint density at radius 2 is 2.00 bits per heavy atom. The molecule has 2 bridgehead atoms. The van der Waals surface area contributed by atoms with Crippen molar-refractivity contribution in [1.29, 1.82) is 0 Å². The normalized spacial score (nSPS) is 48.7. The average molecular weight is 204 g/mol. The highest BCUT2D eigenvalue weighted by Crippen LogP contribution is 2.49. The van der Waals surface area contributed by atoms with Crippen molar-refractivity contribution in [3.05, 3.63) is 0 Å². The molecule has 1 aliphatic heterocycles. The van der Waals surface area contributed by atoms with Gasteiger partial charge in [0, 0.05) is 12.1 Å². The first-order valence-corrected chi connectivity index (χ1v) is 5.30. The molecule has 1 aliphatic carbocycles. The fourth-order valence-electron chi connectivity index (χ4n) is 3.48. The molecule has 1 N–H and O–H groups in total. The van der Waals surface area contributed by atoms with E-state index in [-0.39, 0.29) is 12.4 Å². The Kier molecular flexibility index (Phi) is 2.99. The van der Waals surface area contributed by atoms with Crippen molar-refractivity contribution in [3.8, 4) is 0 Å². The molecule has 0 spiro atoms. The third kappa shape index (κ3) is 2.02. The lowest BCUT2D eigenvalue weighted by atomic mass is 9.67. The highest BCUT2D eigenvalue weighted by atomic mass is 35.5. The van der Waals surface area contributed by atoms with Crippen molar-refractivity contribution in [1.82, 2.24) is 5.32 Å². The van der Waals surface area contributed by atoms with Gasteiger partial charge in [-0.25, -0.2) is 0 Å². The molecule has 0 aromatic heterocycles. The first-order chi connectivity index (χ1) is 5.55. The zero-order valence-corrected chi connectivity index (χ0v) is 9.84. The van der Waals surface area contributed by atoms with Gasteiger partial charge in [-0.15, -0.1) is 12.4 Å². The van der Waals surface area contributed by atoms with Crippen LogP contribution in [0.4, 0.5) is 0 Å². The van der Waals surface area contributed by atoms with Crippen molar-refractivity contribution in [2.45, 2.75) is 52.0 Å². The first-order valence-electron chi connectivity index (χ1n) is 5.30. The van der Waals surface area contributed by atoms with Gasteiger partial charge in [-0.2, -0.15) is 0 Å². The van der Waals surface area contributed by atoms with Crippen LogP contribution in [0, 0.1) is 11.3 Å². The van der Waals surface area contributed by atoms with Crippen LogP contribution in [0.2, 0.25) is 0 Å². The zero-order chi connectivity index (χ0) is 8.82. The molecule has 0 aromatic rings. The van der Waals surface area contributed by atoms with Gasteiger partial charge in [0.15, 0.2) is 0 Å². The third-order valence-corrected chi connectivity index (χ3v) is 3.86. The van der Waals surface area contributed by atoms with Gasteiger partial charge in [0.25, 0.3) is 0 Å². The molecular weight excluding hydrogens is 182 g/mol. The maximum Gasteiger partial charge on any atom is 0.0161 e. The number of halogens is 1. The minimum Gasteiger partial charge on any atom is -0.311 e. The number of nitrogens with one attached hydrogen (secondary N) is 1. The molecule has 1 saturated carbocycles. The number of rotatable bonds is 1. The van der Waals surface area contributed by atoms with Crippen LogP contribution < -0.4 is 5.32 Å². The van der Waals surface area contributed by atoms with Crippen molar-refractivity contribution in [3.63, 3.8) is 0 Å². The second-order valence-electron chi connectivity index (χ2n) is 5.58. The summed E-state index contributed by atoms with van der Waals surface area (Å²) in [7, 11) is 0. The summed E-state index contributed by atoms with van der Waals surface area (Å²) >= 11 is 0. The lowest BCUT2D eigenvalue weighted by molar-refractivity contribution is 0.159. The molecule has 2 aliphatic rings. The van der Waals surface area contributed by atoms with E-state index in [1.54, 1.807) is 0 Å². The van der Waals surface area contributed by atoms with Crippen LogP contribution in [0.1, 0.15) is 46.5 Å². The van der Waals surface area contributed by atoms with Gasteiger partial charge in [-0.05, 0) is 37.5 Å². The Labute approximate surface area is 88.1 Å². The maximum absolute atomic E-state index is 3.70. The minimum absolute atomic E-state index is 0. The quantitative estimate of drug-likeness (QED) is 0.691. The smallest absolute Gasteiger partial charge is 0.0161 e. The Hall–Kier alpha value is 0.250. The highest BCUT2D eigenvalue weighted by Gasteiger charge is 2.48. The molecule has 0 radical (unpaired) electrons. The Balaban J connectivity index is 0.000000845. The van der Waals surface area contributed by atoms with Gasteiger partial charge in [0.05, 0.1) is 0 Å². The van der Waals surface area contributed by atoms with Crippen LogP contribution in [0.15, 0.2) is 0 Å². The van der Waals surface area contributed by atoms with E-state index in [4.69, 9.17) is 0 Å². The second-order valence-corrected chi connectivity index (χ2v) is 5.58. The van der Waals surface area contributed by atoms with Gasteiger partial charge in [-0.1, -0.05) is 20.3 Å². The molecule has 78 valence electrons. The SMILES string of the molecule is CC[C@@H]1C[C@@]2(C)CN[C@@](C)(C1)C2.Cl. The van der Waals surface area contributed by atoms with E-state index in [1.165, 1.54) is 32.2 Å². The molecule has 13 heavy (non-hydrogen) atoms. The molecule has 0 aromatic carbocycles. The predicted molar refractivity (Wildman–Crippen MR) is 59.4 cm³/mol. The molecule has 2 rings (SSSR count). The summed E-state index contributed by atoms with van der Waals surface area (Å²) in [4.78, 5) is 0. The second kappa shape index (κ2) is 3.43. The molecular formula is C11H22ClN. The van der Waals surface area contributed by atoms with Crippen molar-refractivity contribution in [2.24, 2.45) is 11.3 Å². The van der Waals surface area contributed by atoms with Gasteiger partial charge in [0.1, 0.15) is 0 Å². The molecule has 1 heterocycles. The van der Waals surface area contributed by atoms with E-state index >= 15 is 0 Å². The summed E-state index contributed by atoms with van der Waals surface area (Å²) in [5.41, 5.74) is 1.10. The summed E-state index contributed by atoms with van der Waals surface area (Å²) in [6.45, 7) is 8.44. The molecule has 0 amide bonds. The summed E-state index contributed by atoms with van der Waals surface area (Å²) in [5.74, 6) is 0.976. The summed E-state index contributed by atoms with van der Waals surface area (Å²) in [6, 6.07) is 0. The largest absolute Gasteiger partial charge is 0.311 e. The van der Waals surface area contributed by atoms with Crippen LogP contribution in [0.25, 0.3) is 0 Å². The lowest BCUT2D eigenvalue weighted by Gasteiger charge is -2.39. The van der Waals surface area contributed by atoms with E-state index in [9.17, 15) is 0 Å². The summed E-state index contributed by atoms with van der Waals surface area (Å²) in [5, 5.41) is 3.70. The average Bonchev–Trinajstić information content (AvgIpc) is 2.20.